The Morgan fingerprint density at radius 2 is 1.70 bits per heavy atom. The Hall–Kier alpha value is -3.33. The quantitative estimate of drug-likeness (QED) is 0.403. The van der Waals surface area contributed by atoms with Gasteiger partial charge >= 0.3 is 0 Å². The fourth-order valence-corrected chi connectivity index (χ4v) is 3.54. The largest absolute Gasteiger partial charge is 0.497 e. The van der Waals surface area contributed by atoms with Gasteiger partial charge in [0.2, 0.25) is 5.91 Å². The molecule has 0 bridgehead atoms. The smallest absolute Gasteiger partial charge is 0.251 e. The van der Waals surface area contributed by atoms with Gasteiger partial charge in [-0.3, -0.25) is 14.2 Å². The van der Waals surface area contributed by atoms with Crippen LogP contribution in [0.5, 0.6) is 5.75 Å². The van der Waals surface area contributed by atoms with Gasteiger partial charge in [0.25, 0.3) is 5.91 Å². The van der Waals surface area contributed by atoms with Crippen molar-refractivity contribution >= 4 is 23.6 Å². The second kappa shape index (κ2) is 10.4. The molecule has 0 radical (unpaired) electrons. The van der Waals surface area contributed by atoms with Crippen LogP contribution in [0.3, 0.4) is 0 Å². The lowest BCUT2D eigenvalue weighted by atomic mass is 10.2. The minimum Gasteiger partial charge on any atom is -0.497 e. The highest BCUT2D eigenvalue weighted by molar-refractivity contribution is 7.99. The van der Waals surface area contributed by atoms with Gasteiger partial charge in [0.05, 0.1) is 12.9 Å². The average Bonchev–Trinajstić information content (AvgIpc) is 3.16. The van der Waals surface area contributed by atoms with Crippen molar-refractivity contribution in [2.24, 2.45) is 0 Å². The summed E-state index contributed by atoms with van der Waals surface area (Å²) < 4.78 is 7.07. The number of thioether (sulfide) groups is 1. The average molecular weight is 426 g/mol. The van der Waals surface area contributed by atoms with E-state index in [9.17, 15) is 9.59 Å². The Bertz CT molecular complexity index is 990. The molecule has 0 spiro atoms. The zero-order valence-electron chi connectivity index (χ0n) is 16.8. The van der Waals surface area contributed by atoms with Crippen molar-refractivity contribution in [2.75, 3.05) is 26.0 Å². The van der Waals surface area contributed by atoms with Gasteiger partial charge in [-0.15, -0.1) is 10.2 Å². The minimum absolute atomic E-state index is 0.143. The van der Waals surface area contributed by atoms with Gasteiger partial charge in [0, 0.05) is 24.3 Å². The SMILES string of the molecule is COc1ccc(-n2c(C)nnc2SCC(=O)NCCNC(=O)c2ccccc2)cc1. The van der Waals surface area contributed by atoms with Gasteiger partial charge in [0.1, 0.15) is 11.6 Å². The summed E-state index contributed by atoms with van der Waals surface area (Å²) in [7, 11) is 1.62. The summed E-state index contributed by atoms with van der Waals surface area (Å²) in [4.78, 5) is 24.1. The monoisotopic (exact) mass is 425 g/mol. The van der Waals surface area contributed by atoms with E-state index in [-0.39, 0.29) is 17.6 Å². The number of aryl methyl sites for hydroxylation is 1. The summed E-state index contributed by atoms with van der Waals surface area (Å²) in [5.74, 6) is 1.38. The molecule has 0 saturated carbocycles. The molecule has 8 nitrogen and oxygen atoms in total. The van der Waals surface area contributed by atoms with E-state index in [0.717, 1.165) is 17.3 Å². The lowest BCUT2D eigenvalue weighted by Gasteiger charge is -2.10. The van der Waals surface area contributed by atoms with Gasteiger partial charge < -0.3 is 15.4 Å². The third-order valence-corrected chi connectivity index (χ3v) is 5.16. The maximum absolute atomic E-state index is 12.2. The van der Waals surface area contributed by atoms with Crippen LogP contribution in [0.1, 0.15) is 16.2 Å². The van der Waals surface area contributed by atoms with Crippen LogP contribution in [0.25, 0.3) is 5.69 Å². The molecular formula is C21H23N5O3S. The van der Waals surface area contributed by atoms with Crippen molar-refractivity contribution in [1.82, 2.24) is 25.4 Å². The van der Waals surface area contributed by atoms with Crippen molar-refractivity contribution in [1.29, 1.82) is 0 Å². The number of aromatic nitrogens is 3. The molecule has 156 valence electrons. The Kier molecular flexibility index (Phi) is 7.45. The van der Waals surface area contributed by atoms with Crippen LogP contribution in [-0.2, 0) is 4.79 Å². The van der Waals surface area contributed by atoms with Crippen molar-refractivity contribution in [3.05, 3.63) is 66.0 Å². The van der Waals surface area contributed by atoms with E-state index in [0.29, 0.717) is 23.8 Å². The molecule has 0 unspecified atom stereocenters. The lowest BCUT2D eigenvalue weighted by molar-refractivity contribution is -0.118. The summed E-state index contributed by atoms with van der Waals surface area (Å²) in [6, 6.07) is 16.5. The maximum atomic E-state index is 12.2. The number of benzene rings is 2. The van der Waals surface area contributed by atoms with Gasteiger partial charge in [-0.25, -0.2) is 0 Å². The number of carbonyl (C=O) groups excluding carboxylic acids is 2. The Morgan fingerprint density at radius 1 is 1.00 bits per heavy atom. The van der Waals surface area contributed by atoms with E-state index in [2.05, 4.69) is 20.8 Å². The molecule has 2 amide bonds. The van der Waals surface area contributed by atoms with Crippen LogP contribution < -0.4 is 15.4 Å². The summed E-state index contributed by atoms with van der Waals surface area (Å²) >= 11 is 1.30. The number of hydrogen-bond acceptors (Lipinski definition) is 6. The van der Waals surface area contributed by atoms with Crippen LogP contribution in [0.15, 0.2) is 59.8 Å². The number of carbonyl (C=O) groups is 2. The zero-order chi connectivity index (χ0) is 21.3. The van der Waals surface area contributed by atoms with Crippen LogP contribution in [0.4, 0.5) is 0 Å². The van der Waals surface area contributed by atoms with Crippen LogP contribution in [-0.4, -0.2) is 52.5 Å². The van der Waals surface area contributed by atoms with Gasteiger partial charge in [-0.05, 0) is 43.3 Å². The van der Waals surface area contributed by atoms with Crippen molar-refractivity contribution in [2.45, 2.75) is 12.1 Å². The topological polar surface area (TPSA) is 98.1 Å². The summed E-state index contributed by atoms with van der Waals surface area (Å²) in [6.07, 6.45) is 0. The molecule has 0 aliphatic carbocycles. The first-order valence-electron chi connectivity index (χ1n) is 9.37. The molecule has 30 heavy (non-hydrogen) atoms. The molecule has 1 heterocycles. The summed E-state index contributed by atoms with van der Waals surface area (Å²) in [5.41, 5.74) is 1.48. The van der Waals surface area contributed by atoms with E-state index in [1.54, 1.807) is 31.4 Å². The first-order valence-corrected chi connectivity index (χ1v) is 10.4. The number of rotatable bonds is 9. The predicted molar refractivity (Wildman–Crippen MR) is 115 cm³/mol. The van der Waals surface area contributed by atoms with Gasteiger partial charge in [-0.1, -0.05) is 30.0 Å². The predicted octanol–water partition coefficient (Wildman–Crippen LogP) is 2.22. The van der Waals surface area contributed by atoms with Crippen LogP contribution >= 0.6 is 11.8 Å². The molecule has 0 fully saturated rings. The highest BCUT2D eigenvalue weighted by Crippen LogP contribution is 2.23. The molecule has 1 aromatic heterocycles. The van der Waals surface area contributed by atoms with Crippen molar-refractivity contribution in [3.63, 3.8) is 0 Å². The Balaban J connectivity index is 1.46. The fourth-order valence-electron chi connectivity index (χ4n) is 2.72. The molecule has 3 rings (SSSR count). The highest BCUT2D eigenvalue weighted by atomic mass is 32.2. The molecule has 0 atom stereocenters. The second-order valence-corrected chi connectivity index (χ2v) is 7.27. The van der Waals surface area contributed by atoms with Crippen molar-refractivity contribution < 1.29 is 14.3 Å². The normalized spacial score (nSPS) is 10.5. The molecule has 0 saturated heterocycles. The Labute approximate surface area is 179 Å². The van der Waals surface area contributed by atoms with E-state index >= 15 is 0 Å². The van der Waals surface area contributed by atoms with Gasteiger partial charge in [0.15, 0.2) is 5.16 Å². The van der Waals surface area contributed by atoms with E-state index in [1.807, 2.05) is 41.8 Å². The summed E-state index contributed by atoms with van der Waals surface area (Å²) in [6.45, 7) is 2.56. The fraction of sp³-hybridized carbons (Fsp3) is 0.238. The first kappa shape index (κ1) is 21.4. The van der Waals surface area contributed by atoms with E-state index in [4.69, 9.17) is 4.74 Å². The summed E-state index contributed by atoms with van der Waals surface area (Å²) in [5, 5.41) is 14.5. The Morgan fingerprint density at radius 3 is 2.40 bits per heavy atom. The molecule has 9 heteroatoms. The zero-order valence-corrected chi connectivity index (χ0v) is 17.6. The standard InChI is InChI=1S/C21H23N5O3S/c1-15-24-25-21(26(15)17-8-10-18(29-2)11-9-17)30-14-19(27)22-12-13-23-20(28)16-6-4-3-5-7-16/h3-11H,12-14H2,1-2H3,(H,22,27)(H,23,28). The van der Waals surface area contributed by atoms with Crippen molar-refractivity contribution in [3.8, 4) is 11.4 Å². The molecule has 0 aliphatic rings. The number of methoxy groups -OCH3 is 1. The molecule has 2 N–H and O–H groups in total. The number of amides is 2. The van der Waals surface area contributed by atoms with E-state index in [1.165, 1.54) is 11.8 Å². The number of nitrogens with one attached hydrogen (secondary N) is 2. The second-order valence-electron chi connectivity index (χ2n) is 6.32. The third-order valence-electron chi connectivity index (χ3n) is 4.23. The first-order chi connectivity index (χ1) is 14.6. The third kappa shape index (κ3) is 5.60. The van der Waals surface area contributed by atoms with E-state index < -0.39 is 0 Å². The molecule has 0 aliphatic heterocycles. The number of hydrogen-bond donors (Lipinski definition) is 2. The molecular weight excluding hydrogens is 402 g/mol. The highest BCUT2D eigenvalue weighted by Gasteiger charge is 2.13. The number of nitrogens with zero attached hydrogens (tertiary/aromatic N) is 3. The molecule has 3 aromatic rings. The number of ether oxygens (including phenoxy) is 1. The molecule has 2 aromatic carbocycles. The van der Waals surface area contributed by atoms with Crippen LogP contribution in [0, 0.1) is 6.92 Å². The van der Waals surface area contributed by atoms with Gasteiger partial charge in [-0.2, -0.15) is 0 Å². The van der Waals surface area contributed by atoms with Crippen LogP contribution in [0.2, 0.25) is 0 Å². The minimum atomic E-state index is -0.165. The maximum Gasteiger partial charge on any atom is 0.251 e. The lowest BCUT2D eigenvalue weighted by Crippen LogP contribution is -2.35.